The van der Waals surface area contributed by atoms with Gasteiger partial charge in [0.2, 0.25) is 11.8 Å². The lowest BCUT2D eigenvalue weighted by Gasteiger charge is -2.32. The number of aromatic nitrogens is 1. The molecule has 1 fully saturated rings. The van der Waals surface area contributed by atoms with Gasteiger partial charge in [0.25, 0.3) is 0 Å². The Morgan fingerprint density at radius 1 is 1.50 bits per heavy atom. The fourth-order valence-corrected chi connectivity index (χ4v) is 2.57. The number of nitrogens with zero attached hydrogens (tertiary/aromatic N) is 3. The molecule has 2 amide bonds. The van der Waals surface area contributed by atoms with Crippen molar-refractivity contribution in [1.29, 1.82) is 0 Å². The second kappa shape index (κ2) is 7.89. The van der Waals surface area contributed by atoms with E-state index in [-0.39, 0.29) is 17.7 Å². The van der Waals surface area contributed by atoms with Crippen LogP contribution in [0.15, 0.2) is 24.4 Å². The predicted molar refractivity (Wildman–Crippen MR) is 81.9 cm³/mol. The molecule has 120 valence electrons. The molecule has 1 saturated heterocycles. The minimum absolute atomic E-state index is 0.0177. The maximum absolute atomic E-state index is 12.7. The molecule has 2 rings (SSSR count). The van der Waals surface area contributed by atoms with E-state index >= 15 is 0 Å². The minimum Gasteiger partial charge on any atom is -0.383 e. The van der Waals surface area contributed by atoms with E-state index in [2.05, 4.69) is 4.98 Å². The van der Waals surface area contributed by atoms with Crippen LogP contribution in [0.1, 0.15) is 18.5 Å². The molecule has 22 heavy (non-hydrogen) atoms. The number of methoxy groups -OCH3 is 1. The Balaban J connectivity index is 2.04. The van der Waals surface area contributed by atoms with Crippen LogP contribution in [-0.2, 0) is 20.9 Å². The highest BCUT2D eigenvalue weighted by Crippen LogP contribution is 2.20. The third-order valence-electron chi connectivity index (χ3n) is 3.96. The molecule has 1 aromatic heterocycles. The number of carbonyl (C=O) groups is 2. The summed E-state index contributed by atoms with van der Waals surface area (Å²) in [4.78, 5) is 32.3. The summed E-state index contributed by atoms with van der Waals surface area (Å²) >= 11 is 0. The fraction of sp³-hybridized carbons (Fsp3) is 0.562. The second-order valence-electron chi connectivity index (χ2n) is 5.58. The van der Waals surface area contributed by atoms with E-state index in [4.69, 9.17) is 4.74 Å². The van der Waals surface area contributed by atoms with Crippen molar-refractivity contribution in [2.45, 2.75) is 19.4 Å². The van der Waals surface area contributed by atoms with E-state index < -0.39 is 0 Å². The van der Waals surface area contributed by atoms with Crippen molar-refractivity contribution in [2.75, 3.05) is 33.9 Å². The van der Waals surface area contributed by atoms with Crippen molar-refractivity contribution < 1.29 is 14.3 Å². The van der Waals surface area contributed by atoms with Gasteiger partial charge in [-0.05, 0) is 18.6 Å². The van der Waals surface area contributed by atoms with Gasteiger partial charge < -0.3 is 14.5 Å². The van der Waals surface area contributed by atoms with Crippen molar-refractivity contribution in [3.05, 3.63) is 30.1 Å². The number of carbonyl (C=O) groups excluding carboxylic acids is 2. The molecule has 0 saturated carbocycles. The van der Waals surface area contributed by atoms with Gasteiger partial charge in [0.15, 0.2) is 0 Å². The van der Waals surface area contributed by atoms with Crippen LogP contribution >= 0.6 is 0 Å². The smallest absolute Gasteiger partial charge is 0.226 e. The van der Waals surface area contributed by atoms with Gasteiger partial charge in [-0.3, -0.25) is 14.6 Å². The molecule has 1 aromatic rings. The number of hydrogen-bond acceptors (Lipinski definition) is 4. The fourth-order valence-electron chi connectivity index (χ4n) is 2.57. The number of hydrogen-bond donors (Lipinski definition) is 0. The Hall–Kier alpha value is -1.95. The van der Waals surface area contributed by atoms with E-state index in [1.807, 2.05) is 18.2 Å². The Kier molecular flexibility index (Phi) is 5.89. The highest BCUT2D eigenvalue weighted by Gasteiger charge is 2.31. The SMILES string of the molecule is COCCN(Cc1ccccn1)C(=O)C1CCN(C)C(=O)C1. The van der Waals surface area contributed by atoms with Crippen LogP contribution in [0.4, 0.5) is 0 Å². The monoisotopic (exact) mass is 305 g/mol. The first-order chi connectivity index (χ1) is 10.6. The lowest BCUT2D eigenvalue weighted by molar-refractivity contribution is -0.145. The average Bonchev–Trinajstić information content (AvgIpc) is 2.54. The zero-order valence-corrected chi connectivity index (χ0v) is 13.2. The number of rotatable bonds is 6. The second-order valence-corrected chi connectivity index (χ2v) is 5.58. The number of pyridine rings is 1. The van der Waals surface area contributed by atoms with E-state index in [9.17, 15) is 9.59 Å². The van der Waals surface area contributed by atoms with Crippen LogP contribution < -0.4 is 0 Å². The molecular weight excluding hydrogens is 282 g/mol. The zero-order chi connectivity index (χ0) is 15.9. The number of amides is 2. The van der Waals surface area contributed by atoms with Crippen LogP contribution in [0.2, 0.25) is 0 Å². The van der Waals surface area contributed by atoms with Crippen LogP contribution in [0.3, 0.4) is 0 Å². The number of likely N-dealkylation sites (tertiary alicyclic amines) is 1. The molecule has 1 atom stereocenters. The quantitative estimate of drug-likeness (QED) is 0.784. The normalized spacial score (nSPS) is 18.4. The first-order valence-corrected chi connectivity index (χ1v) is 7.53. The predicted octanol–water partition coefficient (Wildman–Crippen LogP) is 0.925. The van der Waals surface area contributed by atoms with Crippen molar-refractivity contribution in [1.82, 2.24) is 14.8 Å². The topological polar surface area (TPSA) is 62.7 Å². The van der Waals surface area contributed by atoms with Gasteiger partial charge in [-0.15, -0.1) is 0 Å². The molecule has 1 unspecified atom stereocenters. The molecule has 0 N–H and O–H groups in total. The average molecular weight is 305 g/mol. The highest BCUT2D eigenvalue weighted by molar-refractivity contribution is 5.86. The van der Waals surface area contributed by atoms with Crippen LogP contribution in [-0.4, -0.2) is 60.5 Å². The summed E-state index contributed by atoms with van der Waals surface area (Å²) in [7, 11) is 3.39. The first-order valence-electron chi connectivity index (χ1n) is 7.53. The maximum Gasteiger partial charge on any atom is 0.226 e. The van der Waals surface area contributed by atoms with Gasteiger partial charge in [-0.25, -0.2) is 0 Å². The van der Waals surface area contributed by atoms with Crippen molar-refractivity contribution in [3.63, 3.8) is 0 Å². The Labute approximate surface area is 131 Å². The third-order valence-corrected chi connectivity index (χ3v) is 3.96. The molecule has 0 aromatic carbocycles. The molecule has 2 heterocycles. The molecule has 0 bridgehead atoms. The minimum atomic E-state index is -0.232. The summed E-state index contributed by atoms with van der Waals surface area (Å²) in [6, 6.07) is 5.65. The van der Waals surface area contributed by atoms with E-state index in [0.717, 1.165) is 5.69 Å². The van der Waals surface area contributed by atoms with Gasteiger partial charge >= 0.3 is 0 Å². The van der Waals surface area contributed by atoms with Crippen LogP contribution in [0.25, 0.3) is 0 Å². The standard InChI is InChI=1S/C16H23N3O3/c1-18-8-6-13(11-15(18)20)16(21)19(9-10-22-2)12-14-5-3-4-7-17-14/h3-5,7,13H,6,8-12H2,1-2H3. The summed E-state index contributed by atoms with van der Waals surface area (Å²) in [6.45, 7) is 2.06. The molecule has 1 aliphatic heterocycles. The van der Waals surface area contributed by atoms with E-state index in [1.54, 1.807) is 30.2 Å². The molecule has 0 aliphatic carbocycles. The van der Waals surface area contributed by atoms with Crippen LogP contribution in [0, 0.1) is 5.92 Å². The van der Waals surface area contributed by atoms with Crippen molar-refractivity contribution >= 4 is 11.8 Å². The van der Waals surface area contributed by atoms with Gasteiger partial charge in [-0.1, -0.05) is 6.07 Å². The first kappa shape index (κ1) is 16.4. The summed E-state index contributed by atoms with van der Waals surface area (Å²) in [5.74, 6) is -0.178. The summed E-state index contributed by atoms with van der Waals surface area (Å²) in [5.41, 5.74) is 0.839. The molecule has 0 spiro atoms. The van der Waals surface area contributed by atoms with Gasteiger partial charge in [0.1, 0.15) is 0 Å². The van der Waals surface area contributed by atoms with Crippen LogP contribution in [0.5, 0.6) is 0 Å². The molecule has 1 aliphatic rings. The summed E-state index contributed by atoms with van der Waals surface area (Å²) in [6.07, 6.45) is 2.72. The largest absolute Gasteiger partial charge is 0.383 e. The lowest BCUT2D eigenvalue weighted by Crippen LogP contribution is -2.44. The Morgan fingerprint density at radius 2 is 2.32 bits per heavy atom. The Morgan fingerprint density at radius 3 is 2.95 bits per heavy atom. The van der Waals surface area contributed by atoms with E-state index in [1.165, 1.54) is 0 Å². The van der Waals surface area contributed by atoms with Gasteiger partial charge in [0, 0.05) is 45.8 Å². The van der Waals surface area contributed by atoms with E-state index in [0.29, 0.717) is 39.1 Å². The number of ether oxygens (including phenoxy) is 1. The molecule has 0 radical (unpaired) electrons. The molecular formula is C16H23N3O3. The lowest BCUT2D eigenvalue weighted by atomic mass is 9.95. The van der Waals surface area contributed by atoms with Crippen molar-refractivity contribution in [3.8, 4) is 0 Å². The zero-order valence-electron chi connectivity index (χ0n) is 13.2. The summed E-state index contributed by atoms with van der Waals surface area (Å²) < 4.78 is 5.10. The van der Waals surface area contributed by atoms with Gasteiger partial charge in [0.05, 0.1) is 18.8 Å². The highest BCUT2D eigenvalue weighted by atomic mass is 16.5. The Bertz CT molecular complexity index is 507. The third kappa shape index (κ3) is 4.27. The maximum atomic E-state index is 12.7. The number of piperidine rings is 1. The molecule has 6 nitrogen and oxygen atoms in total. The van der Waals surface area contributed by atoms with Gasteiger partial charge in [-0.2, -0.15) is 0 Å². The summed E-state index contributed by atoms with van der Waals surface area (Å²) in [5, 5.41) is 0. The van der Waals surface area contributed by atoms with Crippen molar-refractivity contribution in [2.24, 2.45) is 5.92 Å². The molecule has 6 heteroatoms.